The molecule has 24 heavy (non-hydrogen) atoms. The molecule has 1 fully saturated rings. The zero-order chi connectivity index (χ0) is 16.9. The molecule has 1 saturated heterocycles. The minimum atomic E-state index is -0.815. The molecule has 1 aliphatic rings. The van der Waals surface area contributed by atoms with E-state index in [2.05, 4.69) is 10.1 Å². The van der Waals surface area contributed by atoms with Gasteiger partial charge in [0.1, 0.15) is 12.7 Å². The van der Waals surface area contributed by atoms with E-state index >= 15 is 0 Å². The normalized spacial score (nSPS) is 17.7. The summed E-state index contributed by atoms with van der Waals surface area (Å²) in [5, 5.41) is 12.9. The molecule has 2 heterocycles. The van der Waals surface area contributed by atoms with Crippen LogP contribution in [0.4, 0.5) is 0 Å². The van der Waals surface area contributed by atoms with Gasteiger partial charge in [0, 0.05) is 24.6 Å². The van der Waals surface area contributed by atoms with E-state index in [9.17, 15) is 9.59 Å². The summed E-state index contributed by atoms with van der Waals surface area (Å²) in [5.74, 6) is -0.847. The van der Waals surface area contributed by atoms with E-state index in [0.29, 0.717) is 18.5 Å². The molecule has 1 aliphatic heterocycles. The minimum Gasteiger partial charge on any atom is -0.481 e. The predicted octanol–water partition coefficient (Wildman–Crippen LogP) is 2.13. The third kappa shape index (κ3) is 3.61. The van der Waals surface area contributed by atoms with Gasteiger partial charge >= 0.3 is 5.97 Å². The fraction of sp³-hybridized carbons (Fsp3) is 0.412. The van der Waals surface area contributed by atoms with Crippen LogP contribution in [-0.2, 0) is 4.79 Å². The maximum atomic E-state index is 12.8. The zero-order valence-electron chi connectivity index (χ0n) is 13.3. The van der Waals surface area contributed by atoms with E-state index in [4.69, 9.17) is 5.11 Å². The topological polar surface area (TPSA) is 88.3 Å². The van der Waals surface area contributed by atoms with Crippen LogP contribution in [0.25, 0.3) is 5.69 Å². The predicted molar refractivity (Wildman–Crippen MR) is 86.9 cm³/mol. The van der Waals surface area contributed by atoms with Gasteiger partial charge in [-0.15, -0.1) is 0 Å². The van der Waals surface area contributed by atoms with Gasteiger partial charge in [0.15, 0.2) is 0 Å². The number of carboxylic acid groups (broad SMARTS) is 1. The lowest BCUT2D eigenvalue weighted by Gasteiger charge is -2.35. The van der Waals surface area contributed by atoms with Gasteiger partial charge in [0.05, 0.1) is 5.69 Å². The lowest BCUT2D eigenvalue weighted by atomic mass is 9.97. The Morgan fingerprint density at radius 3 is 2.67 bits per heavy atom. The molecule has 7 nitrogen and oxygen atoms in total. The summed E-state index contributed by atoms with van der Waals surface area (Å²) in [6.45, 7) is 0.688. The Balaban J connectivity index is 1.72. The van der Waals surface area contributed by atoms with Gasteiger partial charge in [-0.05, 0) is 49.9 Å². The van der Waals surface area contributed by atoms with Crippen molar-refractivity contribution in [3.05, 3.63) is 42.5 Å². The lowest BCUT2D eigenvalue weighted by molar-refractivity contribution is -0.137. The number of hydrogen-bond donors (Lipinski definition) is 1. The van der Waals surface area contributed by atoms with E-state index in [-0.39, 0.29) is 18.4 Å². The van der Waals surface area contributed by atoms with Crippen LogP contribution in [0, 0.1) is 0 Å². The molecule has 3 rings (SSSR count). The number of amides is 1. The van der Waals surface area contributed by atoms with Crippen molar-refractivity contribution in [3.63, 3.8) is 0 Å². The van der Waals surface area contributed by atoms with Crippen LogP contribution in [0.3, 0.4) is 0 Å². The van der Waals surface area contributed by atoms with Crippen molar-refractivity contribution in [1.29, 1.82) is 0 Å². The molecule has 0 radical (unpaired) electrons. The molecule has 1 atom stereocenters. The summed E-state index contributed by atoms with van der Waals surface area (Å²) in [6, 6.07) is 7.23. The molecule has 0 saturated carbocycles. The van der Waals surface area contributed by atoms with Crippen LogP contribution in [-0.4, -0.2) is 49.2 Å². The highest BCUT2D eigenvalue weighted by atomic mass is 16.4. The van der Waals surface area contributed by atoms with Crippen molar-refractivity contribution in [2.75, 3.05) is 6.54 Å². The van der Waals surface area contributed by atoms with Gasteiger partial charge in [-0.1, -0.05) is 0 Å². The Hall–Kier alpha value is -2.70. The largest absolute Gasteiger partial charge is 0.481 e. The highest BCUT2D eigenvalue weighted by Gasteiger charge is 2.27. The maximum Gasteiger partial charge on any atom is 0.303 e. The van der Waals surface area contributed by atoms with Crippen molar-refractivity contribution >= 4 is 11.9 Å². The summed E-state index contributed by atoms with van der Waals surface area (Å²) in [5.41, 5.74) is 1.45. The molecule has 126 valence electrons. The zero-order valence-corrected chi connectivity index (χ0v) is 13.3. The number of hydrogen-bond acceptors (Lipinski definition) is 4. The van der Waals surface area contributed by atoms with Gasteiger partial charge in [-0.25, -0.2) is 9.67 Å². The second-order valence-electron chi connectivity index (χ2n) is 5.97. The van der Waals surface area contributed by atoms with E-state index in [0.717, 1.165) is 24.9 Å². The fourth-order valence-corrected chi connectivity index (χ4v) is 3.12. The third-order valence-electron chi connectivity index (χ3n) is 4.38. The number of nitrogens with zero attached hydrogens (tertiary/aromatic N) is 4. The van der Waals surface area contributed by atoms with Crippen molar-refractivity contribution in [2.45, 2.75) is 38.1 Å². The number of likely N-dealkylation sites (tertiary alicyclic amines) is 1. The molecule has 1 unspecified atom stereocenters. The van der Waals surface area contributed by atoms with Gasteiger partial charge < -0.3 is 10.0 Å². The van der Waals surface area contributed by atoms with Crippen molar-refractivity contribution in [2.24, 2.45) is 0 Å². The summed E-state index contributed by atoms with van der Waals surface area (Å²) >= 11 is 0. The summed E-state index contributed by atoms with van der Waals surface area (Å²) < 4.78 is 1.63. The number of rotatable bonds is 5. The van der Waals surface area contributed by atoms with Crippen LogP contribution in [0.15, 0.2) is 36.9 Å². The van der Waals surface area contributed by atoms with Gasteiger partial charge in [0.25, 0.3) is 5.91 Å². The first kappa shape index (κ1) is 16.2. The van der Waals surface area contributed by atoms with Gasteiger partial charge in [0.2, 0.25) is 0 Å². The van der Waals surface area contributed by atoms with Crippen molar-refractivity contribution < 1.29 is 14.7 Å². The Bertz CT molecular complexity index is 697. The standard InChI is InChI=1S/C17H20N4O3/c22-16(23)9-8-14-3-1-2-10-20(14)17(24)13-4-6-15(7-5-13)21-12-18-11-19-21/h4-7,11-12,14H,1-3,8-10H2,(H,22,23). The average molecular weight is 328 g/mol. The molecule has 1 aromatic carbocycles. The molecule has 0 aliphatic carbocycles. The Labute approximate surface area is 139 Å². The van der Waals surface area contributed by atoms with Crippen molar-refractivity contribution in [3.8, 4) is 5.69 Å². The highest BCUT2D eigenvalue weighted by molar-refractivity contribution is 5.94. The molecule has 0 bridgehead atoms. The molecule has 1 aromatic heterocycles. The Morgan fingerprint density at radius 1 is 1.21 bits per heavy atom. The number of benzene rings is 1. The second kappa shape index (κ2) is 7.25. The van der Waals surface area contributed by atoms with E-state index in [1.165, 1.54) is 6.33 Å². The summed E-state index contributed by atoms with van der Waals surface area (Å²) in [6.07, 6.45) is 6.54. The summed E-state index contributed by atoms with van der Waals surface area (Å²) in [4.78, 5) is 29.4. The third-order valence-corrected chi connectivity index (χ3v) is 4.38. The first-order valence-corrected chi connectivity index (χ1v) is 8.13. The molecule has 0 spiro atoms. The first-order valence-electron chi connectivity index (χ1n) is 8.13. The molecule has 1 N–H and O–H groups in total. The van der Waals surface area contributed by atoms with Crippen LogP contribution in [0.5, 0.6) is 0 Å². The molecule has 1 amide bonds. The number of aromatic nitrogens is 3. The number of carbonyl (C=O) groups is 2. The number of piperidine rings is 1. The number of carboxylic acids is 1. The quantitative estimate of drug-likeness (QED) is 0.908. The van der Waals surface area contributed by atoms with Crippen molar-refractivity contribution in [1.82, 2.24) is 19.7 Å². The monoisotopic (exact) mass is 328 g/mol. The number of carbonyl (C=O) groups excluding carboxylic acids is 1. The highest BCUT2D eigenvalue weighted by Crippen LogP contribution is 2.23. The Kier molecular flexibility index (Phi) is 4.88. The molecular formula is C17H20N4O3. The fourth-order valence-electron chi connectivity index (χ4n) is 3.12. The summed E-state index contributed by atoms with van der Waals surface area (Å²) in [7, 11) is 0. The average Bonchev–Trinajstić information content (AvgIpc) is 3.14. The van der Waals surface area contributed by atoms with Crippen LogP contribution in [0.2, 0.25) is 0 Å². The molecular weight excluding hydrogens is 308 g/mol. The SMILES string of the molecule is O=C(O)CCC1CCCCN1C(=O)c1ccc(-n2cncn2)cc1. The van der Waals surface area contributed by atoms with E-state index in [1.807, 2.05) is 17.0 Å². The minimum absolute atomic E-state index is 0.0114. The van der Waals surface area contributed by atoms with Gasteiger partial charge in [-0.2, -0.15) is 5.10 Å². The van der Waals surface area contributed by atoms with Gasteiger partial charge in [-0.3, -0.25) is 9.59 Å². The molecule has 2 aromatic rings. The lowest BCUT2D eigenvalue weighted by Crippen LogP contribution is -2.43. The first-order chi connectivity index (χ1) is 11.6. The molecule has 7 heteroatoms. The Morgan fingerprint density at radius 2 is 2.00 bits per heavy atom. The van der Waals surface area contributed by atoms with Crippen LogP contribution >= 0.6 is 0 Å². The number of aliphatic carboxylic acids is 1. The van der Waals surface area contributed by atoms with E-state index in [1.54, 1.807) is 23.1 Å². The van der Waals surface area contributed by atoms with E-state index < -0.39 is 5.97 Å². The second-order valence-corrected chi connectivity index (χ2v) is 5.97. The smallest absolute Gasteiger partial charge is 0.303 e. The van der Waals surface area contributed by atoms with Crippen LogP contribution in [0.1, 0.15) is 42.5 Å². The maximum absolute atomic E-state index is 12.8. The van der Waals surface area contributed by atoms with Crippen LogP contribution < -0.4 is 0 Å².